The first-order chi connectivity index (χ1) is 9.74. The number of hydrogen-bond acceptors (Lipinski definition) is 2. The summed E-state index contributed by atoms with van der Waals surface area (Å²) in [6.45, 7) is 2.89. The highest BCUT2D eigenvalue weighted by molar-refractivity contribution is 5.95. The third-order valence-electron chi connectivity index (χ3n) is 3.92. The van der Waals surface area contributed by atoms with Crippen LogP contribution in [-0.4, -0.2) is 17.4 Å². The third kappa shape index (κ3) is 2.57. The number of carbonyl (C=O) groups is 1. The Bertz CT molecular complexity index is 609. The Labute approximate surface area is 119 Å². The fourth-order valence-corrected chi connectivity index (χ4v) is 2.82. The number of benzene rings is 1. The van der Waals surface area contributed by atoms with Crippen LogP contribution in [0.25, 0.3) is 0 Å². The van der Waals surface area contributed by atoms with Crippen molar-refractivity contribution in [2.75, 3.05) is 11.4 Å². The predicted molar refractivity (Wildman–Crippen MR) is 79.6 cm³/mol. The van der Waals surface area contributed by atoms with E-state index >= 15 is 0 Å². The van der Waals surface area contributed by atoms with Crippen molar-refractivity contribution in [3.63, 3.8) is 0 Å². The van der Waals surface area contributed by atoms with Crippen molar-refractivity contribution >= 4 is 11.6 Å². The molecule has 102 valence electrons. The van der Waals surface area contributed by atoms with Crippen molar-refractivity contribution < 1.29 is 4.79 Å². The summed E-state index contributed by atoms with van der Waals surface area (Å²) in [6.07, 6.45) is 5.30. The minimum absolute atomic E-state index is 0.230. The van der Waals surface area contributed by atoms with E-state index in [1.165, 1.54) is 11.1 Å². The number of rotatable bonds is 3. The van der Waals surface area contributed by atoms with Crippen LogP contribution in [0.1, 0.15) is 17.5 Å². The van der Waals surface area contributed by atoms with Crippen LogP contribution >= 0.6 is 0 Å². The molecule has 0 saturated carbocycles. The van der Waals surface area contributed by atoms with Crippen LogP contribution in [-0.2, 0) is 11.2 Å². The topological polar surface area (TPSA) is 33.2 Å². The molecule has 1 amide bonds. The highest BCUT2D eigenvalue weighted by atomic mass is 16.2. The molecule has 1 fully saturated rings. The highest BCUT2D eigenvalue weighted by Crippen LogP contribution is 2.27. The van der Waals surface area contributed by atoms with Crippen LogP contribution in [0, 0.1) is 12.8 Å². The number of amides is 1. The molecule has 1 aromatic carbocycles. The number of hydrogen-bond donors (Lipinski definition) is 0. The number of para-hydroxylation sites is 1. The van der Waals surface area contributed by atoms with E-state index in [-0.39, 0.29) is 5.91 Å². The molecule has 1 atom stereocenters. The molecule has 0 aliphatic carbocycles. The lowest BCUT2D eigenvalue weighted by Crippen LogP contribution is -2.24. The molecule has 1 aliphatic rings. The number of pyridine rings is 1. The third-order valence-corrected chi connectivity index (χ3v) is 3.92. The Morgan fingerprint density at radius 2 is 2.05 bits per heavy atom. The van der Waals surface area contributed by atoms with E-state index in [1.54, 1.807) is 0 Å². The summed E-state index contributed by atoms with van der Waals surface area (Å²) in [7, 11) is 0. The summed E-state index contributed by atoms with van der Waals surface area (Å²) >= 11 is 0. The number of aromatic nitrogens is 1. The zero-order chi connectivity index (χ0) is 13.9. The molecule has 0 spiro atoms. The molecule has 2 aromatic rings. The average Bonchev–Trinajstić information content (AvgIpc) is 2.83. The van der Waals surface area contributed by atoms with Gasteiger partial charge in [-0.2, -0.15) is 0 Å². The Balaban J connectivity index is 1.73. The van der Waals surface area contributed by atoms with Gasteiger partial charge in [-0.3, -0.25) is 9.78 Å². The minimum atomic E-state index is 0.230. The number of nitrogens with zero attached hydrogens (tertiary/aromatic N) is 2. The Kier molecular flexibility index (Phi) is 3.50. The van der Waals surface area contributed by atoms with E-state index in [2.05, 4.69) is 18.0 Å². The molecule has 2 heterocycles. The number of anilines is 1. The van der Waals surface area contributed by atoms with E-state index in [9.17, 15) is 4.79 Å². The van der Waals surface area contributed by atoms with Gasteiger partial charge in [-0.15, -0.1) is 0 Å². The van der Waals surface area contributed by atoms with Crippen molar-refractivity contribution in [1.29, 1.82) is 0 Å². The van der Waals surface area contributed by atoms with E-state index in [0.717, 1.165) is 18.7 Å². The monoisotopic (exact) mass is 266 g/mol. The molecule has 1 saturated heterocycles. The molecule has 0 radical (unpaired) electrons. The van der Waals surface area contributed by atoms with Gasteiger partial charge in [-0.1, -0.05) is 18.2 Å². The predicted octanol–water partition coefficient (Wildman–Crippen LogP) is 2.99. The number of carbonyl (C=O) groups excluding carboxylic acids is 1. The summed E-state index contributed by atoms with van der Waals surface area (Å²) in [6, 6.07) is 12.0. The van der Waals surface area contributed by atoms with Gasteiger partial charge >= 0.3 is 0 Å². The molecule has 0 bridgehead atoms. The lowest BCUT2D eigenvalue weighted by Gasteiger charge is -2.17. The first-order valence-electron chi connectivity index (χ1n) is 6.99. The second kappa shape index (κ2) is 5.45. The Morgan fingerprint density at radius 3 is 2.80 bits per heavy atom. The van der Waals surface area contributed by atoms with Gasteiger partial charge in [-0.25, -0.2) is 0 Å². The summed E-state index contributed by atoms with van der Waals surface area (Å²) in [4.78, 5) is 18.2. The maximum atomic E-state index is 12.2. The smallest absolute Gasteiger partial charge is 0.227 e. The molecular formula is C17H18N2O. The van der Waals surface area contributed by atoms with Crippen LogP contribution in [0.5, 0.6) is 0 Å². The Hall–Kier alpha value is -2.16. The molecule has 1 unspecified atom stereocenters. The quantitative estimate of drug-likeness (QED) is 0.855. The molecule has 3 nitrogen and oxygen atoms in total. The molecule has 0 N–H and O–H groups in total. The zero-order valence-corrected chi connectivity index (χ0v) is 11.6. The van der Waals surface area contributed by atoms with Gasteiger partial charge in [0.05, 0.1) is 0 Å². The van der Waals surface area contributed by atoms with E-state index in [4.69, 9.17) is 0 Å². The standard InChI is InChI=1S/C17H18N2O/c1-13-11-18-8-7-15(13)9-14-10-17(20)19(12-14)16-5-3-2-4-6-16/h2-8,11,14H,9-10,12H2,1H3. The largest absolute Gasteiger partial charge is 0.312 e. The van der Waals surface area contributed by atoms with Crippen molar-refractivity contribution in [2.45, 2.75) is 19.8 Å². The summed E-state index contributed by atoms with van der Waals surface area (Å²) in [5, 5.41) is 0. The lowest BCUT2D eigenvalue weighted by molar-refractivity contribution is -0.117. The maximum absolute atomic E-state index is 12.2. The normalized spacial score (nSPS) is 18.6. The summed E-state index contributed by atoms with van der Waals surface area (Å²) in [5.74, 6) is 0.622. The molecular weight excluding hydrogens is 248 g/mol. The second-order valence-electron chi connectivity index (χ2n) is 5.42. The number of aryl methyl sites for hydroxylation is 1. The first kappa shape index (κ1) is 12.9. The molecule has 3 rings (SSSR count). The average molecular weight is 266 g/mol. The SMILES string of the molecule is Cc1cnccc1CC1CC(=O)N(c2ccccc2)C1. The van der Waals surface area contributed by atoms with Crippen LogP contribution in [0.4, 0.5) is 5.69 Å². The van der Waals surface area contributed by atoms with Gasteiger partial charge in [0.15, 0.2) is 0 Å². The van der Waals surface area contributed by atoms with Gasteiger partial charge in [0.2, 0.25) is 5.91 Å². The minimum Gasteiger partial charge on any atom is -0.312 e. The van der Waals surface area contributed by atoms with Crippen LogP contribution in [0.2, 0.25) is 0 Å². The first-order valence-corrected chi connectivity index (χ1v) is 6.99. The van der Waals surface area contributed by atoms with Crippen molar-refractivity contribution in [2.24, 2.45) is 5.92 Å². The summed E-state index contributed by atoms with van der Waals surface area (Å²) in [5.41, 5.74) is 3.51. The molecule has 1 aliphatic heterocycles. The molecule has 20 heavy (non-hydrogen) atoms. The van der Waals surface area contributed by atoms with E-state index in [0.29, 0.717) is 12.3 Å². The Morgan fingerprint density at radius 1 is 1.25 bits per heavy atom. The van der Waals surface area contributed by atoms with Gasteiger partial charge in [0, 0.05) is 31.0 Å². The van der Waals surface area contributed by atoms with Crippen molar-refractivity contribution in [3.05, 3.63) is 59.9 Å². The van der Waals surface area contributed by atoms with E-state index in [1.807, 2.05) is 47.6 Å². The van der Waals surface area contributed by atoms with Crippen molar-refractivity contribution in [1.82, 2.24) is 4.98 Å². The molecule has 1 aromatic heterocycles. The fraction of sp³-hybridized carbons (Fsp3) is 0.294. The maximum Gasteiger partial charge on any atom is 0.227 e. The van der Waals surface area contributed by atoms with E-state index < -0.39 is 0 Å². The zero-order valence-electron chi connectivity index (χ0n) is 11.6. The second-order valence-corrected chi connectivity index (χ2v) is 5.42. The summed E-state index contributed by atoms with van der Waals surface area (Å²) < 4.78 is 0. The van der Waals surface area contributed by atoms with Gasteiger partial charge in [0.25, 0.3) is 0 Å². The highest BCUT2D eigenvalue weighted by Gasteiger charge is 2.30. The van der Waals surface area contributed by atoms with Gasteiger partial charge in [0.1, 0.15) is 0 Å². The van der Waals surface area contributed by atoms with Crippen molar-refractivity contribution in [3.8, 4) is 0 Å². The van der Waals surface area contributed by atoms with Crippen LogP contribution in [0.3, 0.4) is 0 Å². The van der Waals surface area contributed by atoms with Gasteiger partial charge in [-0.05, 0) is 48.6 Å². The fourth-order valence-electron chi connectivity index (χ4n) is 2.82. The van der Waals surface area contributed by atoms with Crippen LogP contribution in [0.15, 0.2) is 48.8 Å². The lowest BCUT2D eigenvalue weighted by atomic mass is 9.97. The van der Waals surface area contributed by atoms with Crippen LogP contribution < -0.4 is 4.90 Å². The molecule has 3 heteroatoms. The van der Waals surface area contributed by atoms with Gasteiger partial charge < -0.3 is 4.90 Å².